The molecule has 2 aliphatic heterocycles. The quantitative estimate of drug-likeness (QED) is 0.438. The van der Waals surface area contributed by atoms with Gasteiger partial charge in [0.2, 0.25) is 5.76 Å². The van der Waals surface area contributed by atoms with E-state index in [1.807, 2.05) is 23.9 Å². The van der Waals surface area contributed by atoms with Gasteiger partial charge in [0.15, 0.2) is 11.0 Å². The molecular weight excluding hydrogens is 516 g/mol. The predicted molar refractivity (Wildman–Crippen MR) is 110 cm³/mol. The molecule has 0 saturated carbocycles. The van der Waals surface area contributed by atoms with Crippen LogP contribution in [0.4, 0.5) is 0 Å². The van der Waals surface area contributed by atoms with E-state index in [0.717, 1.165) is 54.5 Å². The molecule has 0 aliphatic carbocycles. The van der Waals surface area contributed by atoms with Crippen molar-refractivity contribution in [3.63, 3.8) is 0 Å². The number of hydrogen-bond acceptors (Lipinski definition) is 3. The maximum absolute atomic E-state index is 6.28. The molecule has 1 aromatic carbocycles. The smallest absolute Gasteiger partial charge is 0.325 e. The van der Waals surface area contributed by atoms with Crippen LogP contribution in [0, 0.1) is 0 Å². The summed E-state index contributed by atoms with van der Waals surface area (Å²) in [6, 6.07) is 3.91. The lowest BCUT2D eigenvalue weighted by molar-refractivity contribution is -0.682. The minimum Gasteiger partial charge on any atom is -1.00 e. The molecule has 8 heteroatoms. The highest BCUT2D eigenvalue weighted by Crippen LogP contribution is 2.32. The summed E-state index contributed by atoms with van der Waals surface area (Å²) >= 11 is 14.5. The van der Waals surface area contributed by atoms with Gasteiger partial charge in [-0.25, -0.2) is 9.13 Å². The van der Waals surface area contributed by atoms with E-state index < -0.39 is 0 Å². The van der Waals surface area contributed by atoms with Gasteiger partial charge in [-0.2, -0.15) is 0 Å². The lowest BCUT2D eigenvalue weighted by Gasteiger charge is -2.16. The first kappa shape index (κ1) is 21.1. The van der Waals surface area contributed by atoms with Crippen LogP contribution in [0.1, 0.15) is 19.7 Å². The normalized spacial score (nSPS) is 19.5. The fourth-order valence-corrected chi connectivity index (χ4v) is 5.06. The highest BCUT2D eigenvalue weighted by Gasteiger charge is 2.32. The topological polar surface area (TPSA) is 21.3 Å². The average Bonchev–Trinajstić information content (AvgIpc) is 3.22. The molecule has 2 aromatic rings. The summed E-state index contributed by atoms with van der Waals surface area (Å²) in [7, 11) is 0. The van der Waals surface area contributed by atoms with Crippen LogP contribution in [0.3, 0.4) is 0 Å². The number of rotatable bonds is 3. The number of nitrogens with zero attached hydrogens (tertiary/aromatic N) is 3. The van der Waals surface area contributed by atoms with Crippen LogP contribution < -0.4 is 28.5 Å². The monoisotopic (exact) mass is 537 g/mol. The number of halogens is 3. The summed E-state index contributed by atoms with van der Waals surface area (Å²) in [5, 5.41) is 2.48. The molecule has 0 amide bonds. The van der Waals surface area contributed by atoms with Crippen LogP contribution in [-0.2, 0) is 17.8 Å². The van der Waals surface area contributed by atoms with Crippen molar-refractivity contribution in [1.82, 2.24) is 9.47 Å². The van der Waals surface area contributed by atoms with Gasteiger partial charge in [0.25, 0.3) is 0 Å². The molecule has 1 fully saturated rings. The Balaban J connectivity index is 0.00000210. The molecule has 0 atom stereocenters. The maximum Gasteiger partial charge on any atom is 0.325 e. The van der Waals surface area contributed by atoms with Gasteiger partial charge in [-0.05, 0) is 26.0 Å². The highest BCUT2D eigenvalue weighted by atomic mass is 127. The van der Waals surface area contributed by atoms with Gasteiger partial charge in [0.1, 0.15) is 13.2 Å². The molecule has 1 aromatic heterocycles. The molecule has 3 heterocycles. The maximum atomic E-state index is 6.28. The molecule has 4 rings (SSSR count). The highest BCUT2D eigenvalue weighted by molar-refractivity contribution is 8.03. The van der Waals surface area contributed by atoms with Gasteiger partial charge >= 0.3 is 5.82 Å². The molecule has 146 valence electrons. The summed E-state index contributed by atoms with van der Waals surface area (Å²) in [6.07, 6.45) is 4.29. The number of allylic oxidation sites excluding steroid dienone is 2. The number of ether oxygens (including phenoxy) is 1. The number of aryl methyl sites for hydroxylation is 1. The minimum atomic E-state index is 0. The lowest BCUT2D eigenvalue weighted by Crippen LogP contribution is -3.00. The number of benzene rings is 1. The number of fused-ring (bicyclic) bond motifs is 3. The van der Waals surface area contributed by atoms with Crippen LogP contribution in [0.2, 0.25) is 10.0 Å². The molecule has 1 saturated heterocycles. The average molecular weight is 538 g/mol. The second kappa shape index (κ2) is 8.84. The molecule has 0 radical (unpaired) electrons. The van der Waals surface area contributed by atoms with Crippen molar-refractivity contribution in [2.45, 2.75) is 26.9 Å². The number of imidazole rings is 1. The van der Waals surface area contributed by atoms with Gasteiger partial charge in [0.05, 0.1) is 21.6 Å². The van der Waals surface area contributed by atoms with Crippen LogP contribution in [0.15, 0.2) is 29.3 Å². The fourth-order valence-electron chi connectivity index (χ4n) is 3.66. The first-order valence-corrected chi connectivity index (χ1v) is 10.7. The van der Waals surface area contributed by atoms with Crippen molar-refractivity contribution in [3.8, 4) is 0 Å². The third kappa shape index (κ3) is 3.82. The van der Waals surface area contributed by atoms with Crippen molar-refractivity contribution < 1.29 is 33.3 Å². The summed E-state index contributed by atoms with van der Waals surface area (Å²) < 4.78 is 10.6. The van der Waals surface area contributed by atoms with Gasteiger partial charge < -0.3 is 33.6 Å². The van der Waals surface area contributed by atoms with Crippen molar-refractivity contribution in [2.24, 2.45) is 0 Å². The Morgan fingerprint density at radius 1 is 1.19 bits per heavy atom. The van der Waals surface area contributed by atoms with Crippen molar-refractivity contribution in [2.75, 3.05) is 25.4 Å². The second-order valence-electron chi connectivity index (χ2n) is 6.29. The fraction of sp³-hybridized carbons (Fsp3) is 0.421. The largest absolute Gasteiger partial charge is 1.00 e. The van der Waals surface area contributed by atoms with Crippen LogP contribution in [-0.4, -0.2) is 34.9 Å². The minimum absolute atomic E-state index is 0. The van der Waals surface area contributed by atoms with Gasteiger partial charge in [0, 0.05) is 31.0 Å². The van der Waals surface area contributed by atoms with Crippen LogP contribution >= 0.6 is 35.0 Å². The Morgan fingerprint density at radius 2 is 1.96 bits per heavy atom. The molecule has 4 nitrogen and oxygen atoms in total. The van der Waals surface area contributed by atoms with Crippen LogP contribution in [0.5, 0.6) is 0 Å². The van der Waals surface area contributed by atoms with E-state index in [9.17, 15) is 0 Å². The molecule has 0 bridgehead atoms. The first-order chi connectivity index (χ1) is 12.6. The number of hydrogen-bond donors (Lipinski definition) is 0. The van der Waals surface area contributed by atoms with E-state index in [-0.39, 0.29) is 24.0 Å². The third-order valence-electron chi connectivity index (χ3n) is 4.90. The zero-order valence-electron chi connectivity index (χ0n) is 15.3. The molecule has 0 spiro atoms. The Bertz CT molecular complexity index is 887. The Labute approximate surface area is 191 Å². The standard InChI is InChI=1S/C19H22Cl2N3OS.HI/c1-3-22-8-10-26-18(22)6-5-17-19-23(4-2)15-11-13(20)14(21)12-16(15)24(19)7-9-25-17;/h5-6,11-12H,3-4,7-10H2,1-2H3;1H/q+1;/p-1. The van der Waals surface area contributed by atoms with Gasteiger partial charge in [-0.15, -0.1) is 11.8 Å². The van der Waals surface area contributed by atoms with Crippen molar-refractivity contribution in [3.05, 3.63) is 45.2 Å². The summed E-state index contributed by atoms with van der Waals surface area (Å²) in [4.78, 5) is 2.40. The third-order valence-corrected chi connectivity index (χ3v) is 6.70. The molecular formula is C19H22Cl2IN3OS. The molecule has 0 N–H and O–H groups in total. The van der Waals surface area contributed by atoms with E-state index in [1.165, 1.54) is 5.03 Å². The molecule has 0 unspecified atom stereocenters. The Hall–Kier alpha value is -0.570. The Morgan fingerprint density at radius 3 is 2.70 bits per heavy atom. The zero-order chi connectivity index (χ0) is 18.3. The first-order valence-electron chi connectivity index (χ1n) is 8.98. The second-order valence-corrected chi connectivity index (χ2v) is 8.22. The molecule has 27 heavy (non-hydrogen) atoms. The number of aromatic nitrogens is 2. The van der Waals surface area contributed by atoms with E-state index in [2.05, 4.69) is 40.0 Å². The van der Waals surface area contributed by atoms with Gasteiger partial charge in [-0.1, -0.05) is 23.2 Å². The van der Waals surface area contributed by atoms with Crippen molar-refractivity contribution >= 4 is 51.8 Å². The zero-order valence-corrected chi connectivity index (χ0v) is 19.8. The van der Waals surface area contributed by atoms with E-state index in [4.69, 9.17) is 27.9 Å². The van der Waals surface area contributed by atoms with Gasteiger partial charge in [-0.3, -0.25) is 0 Å². The summed E-state index contributed by atoms with van der Waals surface area (Å²) in [5.41, 5.74) is 2.19. The predicted octanol–water partition coefficient (Wildman–Crippen LogP) is 1.54. The lowest BCUT2D eigenvalue weighted by atomic mass is 10.3. The van der Waals surface area contributed by atoms with E-state index >= 15 is 0 Å². The van der Waals surface area contributed by atoms with E-state index in [0.29, 0.717) is 16.7 Å². The van der Waals surface area contributed by atoms with Crippen molar-refractivity contribution in [1.29, 1.82) is 0 Å². The molecule has 2 aliphatic rings. The summed E-state index contributed by atoms with van der Waals surface area (Å²) in [5.74, 6) is 3.13. The summed E-state index contributed by atoms with van der Waals surface area (Å²) in [6.45, 7) is 8.78. The van der Waals surface area contributed by atoms with Crippen LogP contribution in [0.25, 0.3) is 16.8 Å². The number of thioether (sulfide) groups is 1. The SMILES string of the molecule is CCN1CCSC1=CC=C1OCC[n+]2c1n(CC)c1cc(Cl)c(Cl)cc12.[I-]. The van der Waals surface area contributed by atoms with E-state index in [1.54, 1.807) is 0 Å². The Kier molecular flexibility index (Phi) is 6.93.